The average molecular weight is 345 g/mol. The standard InChI is InChI=1S/C18H19NO4S/c1-11-8-13(9-15-17(21)19-18(22)24-15)6-7-14(11)23-16(20)10-12-4-2-3-5-12/h6-9,12H,2-5,10H2,1H3,(H,19,21,22)/b15-9-. The first kappa shape index (κ1) is 16.8. The van der Waals surface area contributed by atoms with Gasteiger partial charge in [0, 0.05) is 6.42 Å². The summed E-state index contributed by atoms with van der Waals surface area (Å²) in [4.78, 5) is 35.1. The lowest BCUT2D eigenvalue weighted by Gasteiger charge is -2.11. The van der Waals surface area contributed by atoms with Crippen LogP contribution in [-0.2, 0) is 9.59 Å². The summed E-state index contributed by atoms with van der Waals surface area (Å²) >= 11 is 0.883. The number of ether oxygens (including phenoxy) is 1. The van der Waals surface area contributed by atoms with Crippen LogP contribution in [0.3, 0.4) is 0 Å². The van der Waals surface area contributed by atoms with Crippen LogP contribution in [0, 0.1) is 12.8 Å². The molecule has 1 aromatic carbocycles. The second-order valence-electron chi connectivity index (χ2n) is 6.21. The van der Waals surface area contributed by atoms with E-state index in [1.807, 2.05) is 13.0 Å². The summed E-state index contributed by atoms with van der Waals surface area (Å²) in [5.74, 6) is 0.430. The summed E-state index contributed by atoms with van der Waals surface area (Å²) in [5.41, 5.74) is 1.61. The smallest absolute Gasteiger partial charge is 0.311 e. The Hall–Kier alpha value is -2.08. The fourth-order valence-electron chi connectivity index (χ4n) is 3.06. The molecule has 5 nitrogen and oxygen atoms in total. The van der Waals surface area contributed by atoms with Gasteiger partial charge in [0.25, 0.3) is 11.1 Å². The fourth-order valence-corrected chi connectivity index (χ4v) is 3.75. The number of benzene rings is 1. The van der Waals surface area contributed by atoms with E-state index in [4.69, 9.17) is 4.74 Å². The zero-order chi connectivity index (χ0) is 17.1. The average Bonchev–Trinajstić information content (AvgIpc) is 3.12. The number of thioether (sulfide) groups is 1. The maximum atomic E-state index is 12.0. The minimum atomic E-state index is -0.380. The van der Waals surface area contributed by atoms with Crippen LogP contribution >= 0.6 is 11.8 Å². The van der Waals surface area contributed by atoms with E-state index < -0.39 is 0 Å². The summed E-state index contributed by atoms with van der Waals surface area (Å²) in [5, 5.41) is 1.86. The van der Waals surface area contributed by atoms with Gasteiger partial charge in [-0.15, -0.1) is 0 Å². The largest absolute Gasteiger partial charge is 0.426 e. The zero-order valence-corrected chi connectivity index (χ0v) is 14.3. The number of rotatable bonds is 4. The molecule has 0 bridgehead atoms. The Morgan fingerprint density at radius 3 is 2.71 bits per heavy atom. The van der Waals surface area contributed by atoms with Crippen LogP contribution in [0.15, 0.2) is 23.1 Å². The van der Waals surface area contributed by atoms with Gasteiger partial charge in [0.15, 0.2) is 0 Å². The zero-order valence-electron chi connectivity index (χ0n) is 13.5. The van der Waals surface area contributed by atoms with Gasteiger partial charge in [-0.2, -0.15) is 0 Å². The first-order chi connectivity index (χ1) is 11.5. The molecule has 2 fully saturated rings. The highest BCUT2D eigenvalue weighted by molar-refractivity contribution is 8.18. The van der Waals surface area contributed by atoms with Crippen molar-refractivity contribution in [3.05, 3.63) is 34.2 Å². The Morgan fingerprint density at radius 2 is 2.08 bits per heavy atom. The van der Waals surface area contributed by atoms with Gasteiger partial charge in [0.1, 0.15) is 5.75 Å². The number of hydrogen-bond donors (Lipinski definition) is 1. The number of carbonyl (C=O) groups is 3. The van der Waals surface area contributed by atoms with Crippen molar-refractivity contribution in [2.75, 3.05) is 0 Å². The van der Waals surface area contributed by atoms with E-state index in [1.165, 1.54) is 12.8 Å². The molecule has 2 aliphatic rings. The minimum Gasteiger partial charge on any atom is -0.426 e. The molecule has 1 saturated carbocycles. The van der Waals surface area contributed by atoms with Crippen molar-refractivity contribution >= 4 is 35.0 Å². The molecule has 0 atom stereocenters. The lowest BCUT2D eigenvalue weighted by Crippen LogP contribution is -2.17. The van der Waals surface area contributed by atoms with E-state index in [-0.39, 0.29) is 17.1 Å². The van der Waals surface area contributed by atoms with Crippen molar-refractivity contribution in [1.82, 2.24) is 5.32 Å². The molecule has 1 aliphatic carbocycles. The highest BCUT2D eigenvalue weighted by Gasteiger charge is 2.25. The van der Waals surface area contributed by atoms with Crippen molar-refractivity contribution in [3.8, 4) is 5.75 Å². The molecule has 1 heterocycles. The van der Waals surface area contributed by atoms with E-state index in [0.29, 0.717) is 23.0 Å². The number of aryl methyl sites for hydroxylation is 1. The van der Waals surface area contributed by atoms with Crippen molar-refractivity contribution in [3.63, 3.8) is 0 Å². The predicted molar refractivity (Wildman–Crippen MR) is 92.5 cm³/mol. The molecule has 1 N–H and O–H groups in total. The number of amides is 2. The van der Waals surface area contributed by atoms with E-state index in [0.717, 1.165) is 35.7 Å². The summed E-state index contributed by atoms with van der Waals surface area (Å²) in [6.07, 6.45) is 6.76. The fraction of sp³-hybridized carbons (Fsp3) is 0.389. The number of hydrogen-bond acceptors (Lipinski definition) is 5. The van der Waals surface area contributed by atoms with E-state index in [2.05, 4.69) is 5.32 Å². The second-order valence-corrected chi connectivity index (χ2v) is 7.22. The molecule has 24 heavy (non-hydrogen) atoms. The van der Waals surface area contributed by atoms with E-state index in [9.17, 15) is 14.4 Å². The quantitative estimate of drug-likeness (QED) is 0.510. The molecule has 1 aromatic rings. The van der Waals surface area contributed by atoms with Gasteiger partial charge in [-0.1, -0.05) is 18.9 Å². The first-order valence-electron chi connectivity index (χ1n) is 8.07. The summed E-state index contributed by atoms with van der Waals surface area (Å²) in [6, 6.07) is 5.34. The molecular formula is C18H19NO4S. The van der Waals surface area contributed by atoms with Crippen LogP contribution in [0.1, 0.15) is 43.2 Å². The lowest BCUT2D eigenvalue weighted by atomic mass is 10.0. The maximum Gasteiger partial charge on any atom is 0.311 e. The van der Waals surface area contributed by atoms with Crippen LogP contribution in [0.2, 0.25) is 0 Å². The third-order valence-electron chi connectivity index (χ3n) is 4.29. The summed E-state index contributed by atoms with van der Waals surface area (Å²) in [7, 11) is 0. The lowest BCUT2D eigenvalue weighted by molar-refractivity contribution is -0.135. The molecule has 1 aliphatic heterocycles. The monoisotopic (exact) mass is 345 g/mol. The molecule has 0 spiro atoms. The Balaban J connectivity index is 1.66. The van der Waals surface area contributed by atoms with Gasteiger partial charge in [-0.3, -0.25) is 19.7 Å². The van der Waals surface area contributed by atoms with E-state index in [1.54, 1.807) is 18.2 Å². The third kappa shape index (κ3) is 4.06. The van der Waals surface area contributed by atoms with Gasteiger partial charge < -0.3 is 4.74 Å². The molecule has 2 amide bonds. The van der Waals surface area contributed by atoms with E-state index >= 15 is 0 Å². The van der Waals surface area contributed by atoms with Crippen LogP contribution in [0.4, 0.5) is 4.79 Å². The third-order valence-corrected chi connectivity index (χ3v) is 5.10. The molecule has 0 aromatic heterocycles. The molecule has 6 heteroatoms. The molecule has 126 valence electrons. The maximum absolute atomic E-state index is 12.0. The summed E-state index contributed by atoms with van der Waals surface area (Å²) < 4.78 is 5.47. The minimum absolute atomic E-state index is 0.188. The molecular weight excluding hydrogens is 326 g/mol. The van der Waals surface area contributed by atoms with Crippen molar-refractivity contribution < 1.29 is 19.1 Å². The Bertz CT molecular complexity index is 720. The number of carbonyl (C=O) groups excluding carboxylic acids is 3. The summed E-state index contributed by atoms with van der Waals surface area (Å²) in [6.45, 7) is 1.85. The van der Waals surface area contributed by atoms with Crippen LogP contribution in [0.5, 0.6) is 5.75 Å². The Labute approximate surface area is 144 Å². The SMILES string of the molecule is Cc1cc(/C=C2\SC(=O)NC2=O)ccc1OC(=O)CC1CCCC1. The van der Waals surface area contributed by atoms with Gasteiger partial charge in [0.05, 0.1) is 4.91 Å². The van der Waals surface area contributed by atoms with Crippen LogP contribution in [0.25, 0.3) is 6.08 Å². The molecule has 3 rings (SSSR count). The first-order valence-corrected chi connectivity index (χ1v) is 8.89. The Morgan fingerprint density at radius 1 is 1.33 bits per heavy atom. The van der Waals surface area contributed by atoms with Crippen molar-refractivity contribution in [2.24, 2.45) is 5.92 Å². The molecule has 0 radical (unpaired) electrons. The topological polar surface area (TPSA) is 72.5 Å². The highest BCUT2D eigenvalue weighted by atomic mass is 32.2. The second kappa shape index (κ2) is 7.21. The normalized spacial score (nSPS) is 19.8. The van der Waals surface area contributed by atoms with Crippen LogP contribution < -0.4 is 10.1 Å². The van der Waals surface area contributed by atoms with Crippen molar-refractivity contribution in [2.45, 2.75) is 39.0 Å². The number of esters is 1. The highest BCUT2D eigenvalue weighted by Crippen LogP contribution is 2.30. The number of imide groups is 1. The van der Waals surface area contributed by atoms with Crippen LogP contribution in [-0.4, -0.2) is 17.1 Å². The molecule has 1 saturated heterocycles. The molecule has 0 unspecified atom stereocenters. The van der Waals surface area contributed by atoms with Crippen molar-refractivity contribution in [1.29, 1.82) is 0 Å². The van der Waals surface area contributed by atoms with Gasteiger partial charge in [-0.05, 0) is 66.8 Å². The Kier molecular flexibility index (Phi) is 5.04. The van der Waals surface area contributed by atoms with Gasteiger partial charge >= 0.3 is 5.97 Å². The van der Waals surface area contributed by atoms with Gasteiger partial charge in [-0.25, -0.2) is 0 Å². The number of nitrogens with one attached hydrogen (secondary N) is 1. The predicted octanol–water partition coefficient (Wildman–Crippen LogP) is 3.80. The van der Waals surface area contributed by atoms with Gasteiger partial charge in [0.2, 0.25) is 0 Å².